The van der Waals surface area contributed by atoms with E-state index in [9.17, 15) is 28.4 Å². The lowest BCUT2D eigenvalue weighted by atomic mass is 10.0. The first-order valence-corrected chi connectivity index (χ1v) is 5.03. The first kappa shape index (κ1) is 15.0. The van der Waals surface area contributed by atoms with Crippen molar-refractivity contribution in [2.75, 3.05) is 7.11 Å². The van der Waals surface area contributed by atoms with Crippen molar-refractivity contribution in [2.24, 2.45) is 5.73 Å². The zero-order valence-electron chi connectivity index (χ0n) is 9.77. The molecule has 0 radical (unpaired) electrons. The van der Waals surface area contributed by atoms with E-state index in [4.69, 9.17) is 5.73 Å². The lowest BCUT2D eigenvalue weighted by Gasteiger charge is -2.15. The Kier molecular flexibility index (Phi) is 4.20. The highest BCUT2D eigenvalue weighted by Gasteiger charge is 2.32. The highest BCUT2D eigenvalue weighted by Crippen LogP contribution is 2.39. The molecule has 0 fully saturated rings. The molecule has 0 aliphatic carbocycles. The topological polar surface area (TPSA) is 98.6 Å². The second-order valence-corrected chi connectivity index (χ2v) is 3.77. The largest absolute Gasteiger partial charge is 0.500 e. The number of alkyl halides is 3. The van der Waals surface area contributed by atoms with Gasteiger partial charge in [0.2, 0.25) is 5.75 Å². The van der Waals surface area contributed by atoms with Gasteiger partial charge in [-0.3, -0.25) is 10.1 Å². The van der Waals surface area contributed by atoms with E-state index in [0.717, 1.165) is 19.2 Å². The highest BCUT2D eigenvalue weighted by atomic mass is 19.4. The van der Waals surface area contributed by atoms with E-state index >= 15 is 0 Å². The van der Waals surface area contributed by atoms with Crippen LogP contribution in [-0.2, 0) is 0 Å². The van der Waals surface area contributed by atoms with E-state index in [1.807, 2.05) is 0 Å². The number of methoxy groups -OCH3 is 1. The molecule has 1 aromatic rings. The number of nitrogens with zero attached hydrogens (tertiary/aromatic N) is 1. The number of rotatable bonds is 4. The van der Waals surface area contributed by atoms with Crippen LogP contribution in [0.1, 0.15) is 18.0 Å². The van der Waals surface area contributed by atoms with E-state index in [2.05, 4.69) is 4.74 Å². The first-order chi connectivity index (χ1) is 8.65. The molecule has 0 heterocycles. The van der Waals surface area contributed by atoms with Gasteiger partial charge in [0, 0.05) is 12.1 Å². The Bertz CT molecular complexity index is 490. The first-order valence-electron chi connectivity index (χ1n) is 5.03. The average molecular weight is 280 g/mol. The van der Waals surface area contributed by atoms with Crippen molar-refractivity contribution in [1.82, 2.24) is 0 Å². The summed E-state index contributed by atoms with van der Waals surface area (Å²) >= 11 is 0. The molecule has 3 N–H and O–H groups in total. The molecule has 0 amide bonds. The van der Waals surface area contributed by atoms with Gasteiger partial charge in [-0.05, 0) is 11.6 Å². The van der Waals surface area contributed by atoms with Gasteiger partial charge in [-0.25, -0.2) is 0 Å². The molecule has 0 saturated heterocycles. The van der Waals surface area contributed by atoms with Crippen LogP contribution in [0.15, 0.2) is 12.1 Å². The van der Waals surface area contributed by atoms with Crippen LogP contribution < -0.4 is 10.5 Å². The zero-order valence-corrected chi connectivity index (χ0v) is 9.77. The standard InChI is InChI=1S/C10H11F3N2O4/c1-19-8-3-5(6(14)4-10(11,12)13)2-7(9(8)16)15(17)18/h2-3,6,16H,4,14H2,1H3/t6-/m0/s1. The summed E-state index contributed by atoms with van der Waals surface area (Å²) in [6.07, 6.45) is -5.84. The molecule has 0 spiro atoms. The normalized spacial score (nSPS) is 13.1. The summed E-state index contributed by atoms with van der Waals surface area (Å²) in [6.45, 7) is 0. The number of nitrogens with two attached hydrogens (primary N) is 1. The van der Waals surface area contributed by atoms with Gasteiger partial charge >= 0.3 is 11.9 Å². The van der Waals surface area contributed by atoms with Crippen molar-refractivity contribution >= 4 is 5.69 Å². The second kappa shape index (κ2) is 5.31. The van der Waals surface area contributed by atoms with Gasteiger partial charge in [0.25, 0.3) is 0 Å². The van der Waals surface area contributed by atoms with Gasteiger partial charge in [-0.15, -0.1) is 0 Å². The fourth-order valence-electron chi connectivity index (χ4n) is 1.49. The van der Waals surface area contributed by atoms with Crippen molar-refractivity contribution in [1.29, 1.82) is 0 Å². The van der Waals surface area contributed by atoms with Gasteiger partial charge in [-0.2, -0.15) is 13.2 Å². The number of hydrogen-bond acceptors (Lipinski definition) is 5. The molecule has 9 heteroatoms. The lowest BCUT2D eigenvalue weighted by Crippen LogP contribution is -2.20. The predicted molar refractivity (Wildman–Crippen MR) is 58.9 cm³/mol. The predicted octanol–water partition coefficient (Wildman–Crippen LogP) is 2.26. The fraction of sp³-hybridized carbons (Fsp3) is 0.400. The fourth-order valence-corrected chi connectivity index (χ4v) is 1.49. The molecule has 1 rings (SSSR count). The number of hydrogen-bond donors (Lipinski definition) is 2. The molecular formula is C10H11F3N2O4. The van der Waals surface area contributed by atoms with Gasteiger partial charge < -0.3 is 15.6 Å². The van der Waals surface area contributed by atoms with Gasteiger partial charge in [0.1, 0.15) is 0 Å². The van der Waals surface area contributed by atoms with Crippen LogP contribution in [0.25, 0.3) is 0 Å². The Labute approximate surface area is 105 Å². The number of phenolic OH excluding ortho intramolecular Hbond substituents is 1. The molecule has 1 atom stereocenters. The van der Waals surface area contributed by atoms with Crippen LogP contribution in [0.2, 0.25) is 0 Å². The molecule has 19 heavy (non-hydrogen) atoms. The van der Waals surface area contributed by atoms with Crippen LogP contribution >= 0.6 is 0 Å². The van der Waals surface area contributed by atoms with Gasteiger partial charge in [0.15, 0.2) is 5.75 Å². The number of phenols is 1. The van der Waals surface area contributed by atoms with E-state index < -0.39 is 35.0 Å². The maximum Gasteiger partial charge on any atom is 0.390 e. The smallest absolute Gasteiger partial charge is 0.390 e. The highest BCUT2D eigenvalue weighted by molar-refractivity contribution is 5.57. The Morgan fingerprint density at radius 3 is 2.53 bits per heavy atom. The third kappa shape index (κ3) is 3.71. The van der Waals surface area contributed by atoms with Crippen molar-refractivity contribution < 1.29 is 27.9 Å². The van der Waals surface area contributed by atoms with Crippen LogP contribution in [0.5, 0.6) is 11.5 Å². The van der Waals surface area contributed by atoms with E-state index in [1.54, 1.807) is 0 Å². The number of nitro groups is 1. The Morgan fingerprint density at radius 2 is 2.11 bits per heavy atom. The summed E-state index contributed by atoms with van der Waals surface area (Å²) in [5, 5.41) is 20.1. The maximum absolute atomic E-state index is 12.2. The van der Waals surface area contributed by atoms with Crippen LogP contribution in [0.4, 0.5) is 18.9 Å². The van der Waals surface area contributed by atoms with Crippen LogP contribution in [0.3, 0.4) is 0 Å². The Morgan fingerprint density at radius 1 is 1.53 bits per heavy atom. The third-order valence-electron chi connectivity index (χ3n) is 2.37. The molecule has 6 nitrogen and oxygen atoms in total. The number of halogens is 3. The molecule has 106 valence electrons. The maximum atomic E-state index is 12.2. The van der Waals surface area contributed by atoms with Crippen LogP contribution in [0, 0.1) is 10.1 Å². The number of nitro benzene ring substituents is 1. The van der Waals surface area contributed by atoms with Gasteiger partial charge in [0.05, 0.1) is 18.5 Å². The minimum Gasteiger partial charge on any atom is -0.500 e. The molecular weight excluding hydrogens is 269 g/mol. The Hall–Kier alpha value is -2.03. The second-order valence-electron chi connectivity index (χ2n) is 3.77. The molecule has 0 saturated carbocycles. The minimum atomic E-state index is -4.50. The number of aromatic hydroxyl groups is 1. The van der Waals surface area contributed by atoms with Crippen molar-refractivity contribution in [2.45, 2.75) is 18.6 Å². The van der Waals surface area contributed by atoms with Crippen LogP contribution in [-0.4, -0.2) is 23.3 Å². The van der Waals surface area contributed by atoms with E-state index in [1.165, 1.54) is 0 Å². The quantitative estimate of drug-likeness (QED) is 0.651. The summed E-state index contributed by atoms with van der Waals surface area (Å²) in [6, 6.07) is 0.362. The Balaban J connectivity index is 3.22. The summed E-state index contributed by atoms with van der Waals surface area (Å²) < 4.78 is 41.3. The van der Waals surface area contributed by atoms with E-state index in [0.29, 0.717) is 0 Å². The monoisotopic (exact) mass is 280 g/mol. The molecule has 0 bridgehead atoms. The summed E-state index contributed by atoms with van der Waals surface area (Å²) in [5.74, 6) is -1.06. The summed E-state index contributed by atoms with van der Waals surface area (Å²) in [7, 11) is 1.12. The summed E-state index contributed by atoms with van der Waals surface area (Å²) in [5.41, 5.74) is 4.45. The lowest BCUT2D eigenvalue weighted by molar-refractivity contribution is -0.386. The molecule has 0 aliphatic heterocycles. The van der Waals surface area contributed by atoms with Gasteiger partial charge in [-0.1, -0.05) is 0 Å². The minimum absolute atomic E-state index is 0.140. The molecule has 0 unspecified atom stereocenters. The third-order valence-corrected chi connectivity index (χ3v) is 2.37. The van der Waals surface area contributed by atoms with Crippen molar-refractivity contribution in [3.8, 4) is 11.5 Å². The summed E-state index contributed by atoms with van der Waals surface area (Å²) in [4.78, 5) is 9.75. The SMILES string of the molecule is COc1cc([C@@H](N)CC(F)(F)F)cc([N+](=O)[O-])c1O. The van der Waals surface area contributed by atoms with Crippen molar-refractivity contribution in [3.63, 3.8) is 0 Å². The van der Waals surface area contributed by atoms with Crippen molar-refractivity contribution in [3.05, 3.63) is 27.8 Å². The number of ether oxygens (including phenoxy) is 1. The number of benzene rings is 1. The average Bonchev–Trinajstić information content (AvgIpc) is 2.26. The zero-order chi connectivity index (χ0) is 14.8. The molecule has 0 aliphatic rings. The molecule has 0 aromatic heterocycles. The molecule has 1 aromatic carbocycles. The van der Waals surface area contributed by atoms with E-state index in [-0.39, 0.29) is 11.3 Å².